The average molecular weight is 230 g/mol. The van der Waals surface area contributed by atoms with Crippen LogP contribution in [0.1, 0.15) is 18.4 Å². The van der Waals surface area contributed by atoms with Crippen LogP contribution in [0, 0.1) is 5.92 Å². The van der Waals surface area contributed by atoms with E-state index in [0.717, 1.165) is 23.6 Å². The molecule has 1 atom stereocenters. The standard InChI is InChI=1S/C14H15FN2/c15-14(9-16,11-5-6-11)13-8-17-7-10-3-1-2-4-12(10)13/h1-4,7-8,11H,5-6,9,16H2. The van der Waals surface area contributed by atoms with Crippen LogP contribution in [0.5, 0.6) is 0 Å². The first kappa shape index (κ1) is 10.7. The number of rotatable bonds is 3. The minimum absolute atomic E-state index is 0.0351. The smallest absolute Gasteiger partial charge is 0.153 e. The molecule has 3 rings (SSSR count). The van der Waals surface area contributed by atoms with Gasteiger partial charge in [-0.3, -0.25) is 4.98 Å². The molecule has 1 heterocycles. The van der Waals surface area contributed by atoms with Gasteiger partial charge in [-0.15, -0.1) is 0 Å². The topological polar surface area (TPSA) is 38.9 Å². The molecule has 0 amide bonds. The van der Waals surface area contributed by atoms with Gasteiger partial charge in [0.25, 0.3) is 0 Å². The van der Waals surface area contributed by atoms with E-state index in [1.165, 1.54) is 0 Å². The third-order valence-electron chi connectivity index (χ3n) is 3.64. The lowest BCUT2D eigenvalue weighted by atomic mass is 9.88. The molecule has 2 nitrogen and oxygen atoms in total. The summed E-state index contributed by atoms with van der Waals surface area (Å²) in [6.45, 7) is 0.0351. The fourth-order valence-electron chi connectivity index (χ4n) is 2.49. The monoisotopic (exact) mass is 230 g/mol. The second-order valence-corrected chi connectivity index (χ2v) is 4.75. The summed E-state index contributed by atoms with van der Waals surface area (Å²) >= 11 is 0. The van der Waals surface area contributed by atoms with Gasteiger partial charge in [0.1, 0.15) is 0 Å². The quantitative estimate of drug-likeness (QED) is 0.880. The summed E-state index contributed by atoms with van der Waals surface area (Å²) in [6, 6.07) is 7.76. The second-order valence-electron chi connectivity index (χ2n) is 4.75. The van der Waals surface area contributed by atoms with Crippen molar-refractivity contribution in [2.45, 2.75) is 18.5 Å². The number of fused-ring (bicyclic) bond motifs is 1. The van der Waals surface area contributed by atoms with E-state index in [-0.39, 0.29) is 12.5 Å². The van der Waals surface area contributed by atoms with Gasteiger partial charge in [0.15, 0.2) is 5.67 Å². The van der Waals surface area contributed by atoms with Gasteiger partial charge in [0.05, 0.1) is 0 Å². The Balaban J connectivity index is 2.22. The first-order chi connectivity index (χ1) is 8.25. The van der Waals surface area contributed by atoms with Crippen molar-refractivity contribution >= 4 is 10.8 Å². The van der Waals surface area contributed by atoms with Crippen LogP contribution >= 0.6 is 0 Å². The highest BCUT2D eigenvalue weighted by Gasteiger charge is 2.47. The normalized spacial score (nSPS) is 19.2. The van der Waals surface area contributed by atoms with E-state index in [2.05, 4.69) is 4.98 Å². The van der Waals surface area contributed by atoms with Gasteiger partial charge in [-0.25, -0.2) is 4.39 Å². The van der Waals surface area contributed by atoms with Crippen molar-refractivity contribution < 1.29 is 4.39 Å². The Hall–Kier alpha value is -1.48. The summed E-state index contributed by atoms with van der Waals surface area (Å²) in [5.41, 5.74) is 4.91. The molecule has 1 fully saturated rings. The summed E-state index contributed by atoms with van der Waals surface area (Å²) in [5.74, 6) is 0.0695. The van der Waals surface area contributed by atoms with E-state index in [1.54, 1.807) is 12.4 Å². The number of hydrogen-bond acceptors (Lipinski definition) is 2. The van der Waals surface area contributed by atoms with Crippen LogP contribution in [0.25, 0.3) is 10.8 Å². The SMILES string of the molecule is NCC(F)(c1cncc2ccccc12)C1CC1. The molecular formula is C14H15FN2. The molecule has 2 N–H and O–H groups in total. The lowest BCUT2D eigenvalue weighted by molar-refractivity contribution is 0.144. The van der Waals surface area contributed by atoms with E-state index in [9.17, 15) is 0 Å². The third kappa shape index (κ3) is 1.62. The van der Waals surface area contributed by atoms with Crippen molar-refractivity contribution in [2.75, 3.05) is 6.54 Å². The largest absolute Gasteiger partial charge is 0.327 e. The number of benzene rings is 1. The average Bonchev–Trinajstić information content (AvgIpc) is 3.22. The predicted molar refractivity (Wildman–Crippen MR) is 66.3 cm³/mol. The van der Waals surface area contributed by atoms with Gasteiger partial charge < -0.3 is 5.73 Å². The van der Waals surface area contributed by atoms with E-state index in [0.29, 0.717) is 5.56 Å². The van der Waals surface area contributed by atoms with Gasteiger partial charge in [-0.2, -0.15) is 0 Å². The first-order valence-electron chi connectivity index (χ1n) is 5.98. The van der Waals surface area contributed by atoms with Crippen LogP contribution in [0.3, 0.4) is 0 Å². The van der Waals surface area contributed by atoms with Crippen molar-refractivity contribution in [1.82, 2.24) is 4.98 Å². The van der Waals surface area contributed by atoms with E-state index >= 15 is 4.39 Å². The van der Waals surface area contributed by atoms with Crippen LogP contribution < -0.4 is 5.73 Å². The third-order valence-corrected chi connectivity index (χ3v) is 3.64. The minimum atomic E-state index is -1.41. The molecule has 0 saturated heterocycles. The molecule has 1 aliphatic rings. The lowest BCUT2D eigenvalue weighted by Crippen LogP contribution is -2.33. The molecule has 3 heteroatoms. The molecule has 0 aliphatic heterocycles. The van der Waals surface area contributed by atoms with Crippen molar-refractivity contribution in [2.24, 2.45) is 11.7 Å². The summed E-state index contributed by atoms with van der Waals surface area (Å²) in [4.78, 5) is 4.14. The molecule has 0 bridgehead atoms. The molecule has 1 unspecified atom stereocenters. The number of nitrogens with two attached hydrogens (primary N) is 1. The fraction of sp³-hybridized carbons (Fsp3) is 0.357. The molecule has 1 aromatic heterocycles. The van der Waals surface area contributed by atoms with Gasteiger partial charge >= 0.3 is 0 Å². The maximum absolute atomic E-state index is 15.0. The molecular weight excluding hydrogens is 215 g/mol. The summed E-state index contributed by atoms with van der Waals surface area (Å²) < 4.78 is 15.0. The lowest BCUT2D eigenvalue weighted by Gasteiger charge is -2.25. The highest BCUT2D eigenvalue weighted by atomic mass is 19.1. The summed E-state index contributed by atoms with van der Waals surface area (Å²) in [5, 5.41) is 1.91. The number of hydrogen-bond donors (Lipinski definition) is 1. The molecule has 88 valence electrons. The van der Waals surface area contributed by atoms with E-state index in [1.807, 2.05) is 24.3 Å². The Morgan fingerprint density at radius 1 is 1.29 bits per heavy atom. The highest BCUT2D eigenvalue weighted by Crippen LogP contribution is 2.49. The van der Waals surface area contributed by atoms with Crippen LogP contribution in [-0.4, -0.2) is 11.5 Å². The zero-order valence-corrected chi connectivity index (χ0v) is 9.57. The molecule has 1 aromatic carbocycles. The van der Waals surface area contributed by atoms with Gasteiger partial charge in [0, 0.05) is 29.9 Å². The van der Waals surface area contributed by atoms with E-state index < -0.39 is 5.67 Å². The number of pyridine rings is 1. The number of nitrogens with zero attached hydrogens (tertiary/aromatic N) is 1. The summed E-state index contributed by atoms with van der Waals surface area (Å²) in [7, 11) is 0. The predicted octanol–water partition coefficient (Wildman–Crippen LogP) is 2.77. The molecule has 0 spiro atoms. The van der Waals surface area contributed by atoms with Crippen LogP contribution in [-0.2, 0) is 5.67 Å². The number of alkyl halides is 1. The maximum Gasteiger partial charge on any atom is 0.153 e. The Morgan fingerprint density at radius 2 is 2.06 bits per heavy atom. The van der Waals surface area contributed by atoms with Crippen LogP contribution in [0.2, 0.25) is 0 Å². The Morgan fingerprint density at radius 3 is 2.76 bits per heavy atom. The maximum atomic E-state index is 15.0. The Kier molecular flexibility index (Phi) is 2.37. The highest BCUT2D eigenvalue weighted by molar-refractivity contribution is 5.85. The molecule has 1 aliphatic carbocycles. The zero-order valence-electron chi connectivity index (χ0n) is 9.57. The molecule has 2 aromatic rings. The molecule has 0 radical (unpaired) electrons. The molecule has 17 heavy (non-hydrogen) atoms. The fourth-order valence-corrected chi connectivity index (χ4v) is 2.49. The Bertz CT molecular complexity index is 545. The van der Waals surface area contributed by atoms with Crippen molar-refractivity contribution in [1.29, 1.82) is 0 Å². The number of halogens is 1. The first-order valence-corrected chi connectivity index (χ1v) is 5.98. The number of aromatic nitrogens is 1. The molecule has 1 saturated carbocycles. The van der Waals surface area contributed by atoms with Crippen LogP contribution in [0.4, 0.5) is 4.39 Å². The zero-order chi connectivity index (χ0) is 11.9. The van der Waals surface area contributed by atoms with Gasteiger partial charge in [0.2, 0.25) is 0 Å². The second kappa shape index (κ2) is 3.77. The van der Waals surface area contributed by atoms with Gasteiger partial charge in [-0.1, -0.05) is 24.3 Å². The van der Waals surface area contributed by atoms with Crippen molar-refractivity contribution in [3.63, 3.8) is 0 Å². The van der Waals surface area contributed by atoms with Crippen molar-refractivity contribution in [3.8, 4) is 0 Å². The van der Waals surface area contributed by atoms with Crippen LogP contribution in [0.15, 0.2) is 36.7 Å². The summed E-state index contributed by atoms with van der Waals surface area (Å²) in [6.07, 6.45) is 5.25. The Labute approximate surface area is 99.7 Å². The van der Waals surface area contributed by atoms with Crippen molar-refractivity contribution in [3.05, 3.63) is 42.2 Å². The minimum Gasteiger partial charge on any atom is -0.327 e. The van der Waals surface area contributed by atoms with E-state index in [4.69, 9.17) is 5.73 Å². The van der Waals surface area contributed by atoms with Gasteiger partial charge in [-0.05, 0) is 24.1 Å².